The highest BCUT2D eigenvalue weighted by atomic mass is 16.5. The average Bonchev–Trinajstić information content (AvgIpc) is 3.06. The van der Waals surface area contributed by atoms with Crippen molar-refractivity contribution in [3.05, 3.63) is 59.4 Å². The summed E-state index contributed by atoms with van der Waals surface area (Å²) in [5, 5.41) is 11.8. The minimum Gasteiger partial charge on any atom is -0.481 e. The van der Waals surface area contributed by atoms with E-state index >= 15 is 0 Å². The number of benzene rings is 1. The number of carbonyl (C=O) groups excluding carboxylic acids is 1. The number of hydrogen-bond acceptors (Lipinski definition) is 6. The van der Waals surface area contributed by atoms with Gasteiger partial charge in [-0.25, -0.2) is 4.98 Å². The molecule has 7 heteroatoms. The van der Waals surface area contributed by atoms with Crippen LogP contribution in [0.25, 0.3) is 10.9 Å². The molecule has 0 saturated heterocycles. The molecule has 1 aromatic carbocycles. The fraction of sp³-hybridized carbons (Fsp3) is 0.423. The third-order valence-electron chi connectivity index (χ3n) is 6.93. The third kappa shape index (κ3) is 4.02. The van der Waals surface area contributed by atoms with Gasteiger partial charge in [0, 0.05) is 30.9 Å². The molecule has 1 amide bonds. The van der Waals surface area contributed by atoms with Crippen LogP contribution >= 0.6 is 0 Å². The van der Waals surface area contributed by atoms with Gasteiger partial charge < -0.3 is 19.6 Å². The molecule has 0 radical (unpaired) electrons. The lowest BCUT2D eigenvalue weighted by atomic mass is 9.94. The first-order valence-corrected chi connectivity index (χ1v) is 11.7. The van der Waals surface area contributed by atoms with E-state index in [4.69, 9.17) is 4.74 Å². The number of pyridine rings is 2. The van der Waals surface area contributed by atoms with Crippen LogP contribution in [0.1, 0.15) is 53.6 Å². The van der Waals surface area contributed by atoms with E-state index in [9.17, 15) is 9.90 Å². The van der Waals surface area contributed by atoms with Crippen LogP contribution in [-0.2, 0) is 6.42 Å². The summed E-state index contributed by atoms with van der Waals surface area (Å²) in [7, 11) is 3.60. The van der Waals surface area contributed by atoms with Gasteiger partial charge in [0.25, 0.3) is 5.91 Å². The highest BCUT2D eigenvalue weighted by Gasteiger charge is 2.37. The average molecular weight is 447 g/mol. The van der Waals surface area contributed by atoms with Gasteiger partial charge in [-0.2, -0.15) is 0 Å². The second-order valence-corrected chi connectivity index (χ2v) is 9.10. The fourth-order valence-electron chi connectivity index (χ4n) is 5.26. The zero-order valence-corrected chi connectivity index (χ0v) is 19.2. The Labute approximate surface area is 194 Å². The Hall–Kier alpha value is -3.19. The zero-order valence-electron chi connectivity index (χ0n) is 19.2. The van der Waals surface area contributed by atoms with Gasteiger partial charge in [0.05, 0.1) is 42.7 Å². The van der Waals surface area contributed by atoms with E-state index in [0.717, 1.165) is 59.8 Å². The molecule has 2 aromatic heterocycles. The summed E-state index contributed by atoms with van der Waals surface area (Å²) in [6.45, 7) is 0.459. The number of aromatic nitrogens is 2. The van der Waals surface area contributed by atoms with Gasteiger partial charge in [-0.05, 0) is 42.5 Å². The van der Waals surface area contributed by atoms with E-state index < -0.39 is 6.10 Å². The first-order valence-electron chi connectivity index (χ1n) is 11.7. The summed E-state index contributed by atoms with van der Waals surface area (Å²) in [5.41, 5.74) is 4.43. The summed E-state index contributed by atoms with van der Waals surface area (Å²) in [6.07, 6.45) is 8.50. The van der Waals surface area contributed by atoms with Crippen molar-refractivity contribution in [3.63, 3.8) is 0 Å². The monoisotopic (exact) mass is 446 g/mol. The van der Waals surface area contributed by atoms with Crippen molar-refractivity contribution < 1.29 is 14.6 Å². The van der Waals surface area contributed by atoms with Gasteiger partial charge in [0.2, 0.25) is 5.88 Å². The summed E-state index contributed by atoms with van der Waals surface area (Å²) in [6, 6.07) is 9.71. The lowest BCUT2D eigenvalue weighted by molar-refractivity contribution is 0.0317. The van der Waals surface area contributed by atoms with Crippen molar-refractivity contribution >= 4 is 22.5 Å². The SMILES string of the molecule is COc1ccc(Cc2cc3c(c4ncccc24)N(C)CN([C@H]2CCCCC[C@@H]2O)C3=O)cn1. The quantitative estimate of drug-likeness (QED) is 0.615. The number of rotatable bonds is 4. The lowest BCUT2D eigenvalue weighted by Gasteiger charge is -2.42. The predicted octanol–water partition coefficient (Wildman–Crippen LogP) is 3.77. The molecule has 7 nitrogen and oxygen atoms in total. The van der Waals surface area contributed by atoms with Gasteiger partial charge in [-0.3, -0.25) is 9.78 Å². The number of carbonyl (C=O) groups is 1. The lowest BCUT2D eigenvalue weighted by Crippen LogP contribution is -2.53. The van der Waals surface area contributed by atoms with Crippen LogP contribution in [0.15, 0.2) is 42.7 Å². The van der Waals surface area contributed by atoms with Gasteiger partial charge in [-0.15, -0.1) is 0 Å². The largest absolute Gasteiger partial charge is 0.481 e. The molecule has 1 aliphatic heterocycles. The van der Waals surface area contributed by atoms with Crippen LogP contribution in [0.2, 0.25) is 0 Å². The molecule has 0 spiro atoms. The molecule has 3 aromatic rings. The van der Waals surface area contributed by atoms with Gasteiger partial charge in [-0.1, -0.05) is 31.4 Å². The van der Waals surface area contributed by atoms with Crippen molar-refractivity contribution in [1.82, 2.24) is 14.9 Å². The maximum Gasteiger partial charge on any atom is 0.257 e. The second-order valence-electron chi connectivity index (χ2n) is 9.10. The van der Waals surface area contributed by atoms with Crippen LogP contribution in [-0.4, -0.2) is 58.9 Å². The fourth-order valence-corrected chi connectivity index (χ4v) is 5.26. The number of aliphatic hydroxyl groups is 1. The van der Waals surface area contributed by atoms with Crippen molar-refractivity contribution in [2.75, 3.05) is 25.7 Å². The van der Waals surface area contributed by atoms with E-state index in [1.807, 2.05) is 42.4 Å². The standard InChI is InChI=1S/C26H30N4O3/c1-29-16-30(21-8-4-3-5-9-22(21)31)26(32)20-14-18(13-17-10-11-23(33-2)28-15-17)19-7-6-12-27-24(19)25(20)29/h6-7,10-12,14-15,21-22,31H,3-5,8-9,13,16H2,1-2H3/t21-,22-/m0/s1. The van der Waals surface area contributed by atoms with Crippen molar-refractivity contribution in [2.24, 2.45) is 0 Å². The maximum absolute atomic E-state index is 13.8. The van der Waals surface area contributed by atoms with Crippen LogP contribution in [0.5, 0.6) is 5.88 Å². The summed E-state index contributed by atoms with van der Waals surface area (Å²) in [5.74, 6) is 0.556. The van der Waals surface area contributed by atoms with E-state index in [2.05, 4.69) is 20.9 Å². The number of aliphatic hydroxyl groups excluding tert-OH is 1. The van der Waals surface area contributed by atoms with Crippen LogP contribution in [0, 0.1) is 0 Å². The number of methoxy groups -OCH3 is 1. The number of amides is 1. The molecule has 1 N–H and O–H groups in total. The molecule has 2 aliphatic rings. The number of fused-ring (bicyclic) bond motifs is 3. The minimum absolute atomic E-state index is 0.0179. The van der Waals surface area contributed by atoms with Crippen molar-refractivity contribution in [1.29, 1.82) is 0 Å². The third-order valence-corrected chi connectivity index (χ3v) is 6.93. The molecular weight excluding hydrogens is 416 g/mol. The second kappa shape index (κ2) is 8.98. The highest BCUT2D eigenvalue weighted by molar-refractivity contribution is 6.10. The number of hydrogen-bond donors (Lipinski definition) is 1. The van der Waals surface area contributed by atoms with Crippen LogP contribution < -0.4 is 9.64 Å². The number of ether oxygens (including phenoxy) is 1. The van der Waals surface area contributed by atoms with Crippen LogP contribution in [0.3, 0.4) is 0 Å². The molecule has 33 heavy (non-hydrogen) atoms. The minimum atomic E-state index is -0.477. The molecule has 3 heterocycles. The highest BCUT2D eigenvalue weighted by Crippen LogP contribution is 2.38. The molecule has 2 atom stereocenters. The number of anilines is 1. The molecule has 5 rings (SSSR count). The Kier molecular flexibility index (Phi) is 5.89. The molecule has 0 unspecified atom stereocenters. The molecule has 1 saturated carbocycles. The molecule has 0 bridgehead atoms. The Morgan fingerprint density at radius 2 is 2.00 bits per heavy atom. The molecular formula is C26H30N4O3. The molecule has 1 fully saturated rings. The first-order chi connectivity index (χ1) is 16.1. The number of nitrogens with zero attached hydrogens (tertiary/aromatic N) is 4. The normalized spacial score (nSPS) is 21.1. The zero-order chi connectivity index (χ0) is 22.9. The van der Waals surface area contributed by atoms with E-state index in [1.165, 1.54) is 0 Å². The Bertz CT molecular complexity index is 1160. The maximum atomic E-state index is 13.8. The Morgan fingerprint density at radius 3 is 2.79 bits per heavy atom. The topological polar surface area (TPSA) is 78.8 Å². The molecule has 172 valence electrons. The van der Waals surface area contributed by atoms with Crippen LogP contribution in [0.4, 0.5) is 5.69 Å². The summed E-state index contributed by atoms with van der Waals surface area (Å²) in [4.78, 5) is 26.8. The van der Waals surface area contributed by atoms with Gasteiger partial charge in [0.15, 0.2) is 0 Å². The Morgan fingerprint density at radius 1 is 1.15 bits per heavy atom. The van der Waals surface area contributed by atoms with E-state index in [0.29, 0.717) is 24.5 Å². The summed E-state index contributed by atoms with van der Waals surface area (Å²) < 4.78 is 5.18. The van der Waals surface area contributed by atoms with E-state index in [1.54, 1.807) is 13.3 Å². The van der Waals surface area contributed by atoms with Crippen molar-refractivity contribution in [2.45, 2.75) is 50.7 Å². The Balaban J connectivity index is 1.57. The molecule has 1 aliphatic carbocycles. The smallest absolute Gasteiger partial charge is 0.257 e. The summed E-state index contributed by atoms with van der Waals surface area (Å²) >= 11 is 0. The van der Waals surface area contributed by atoms with E-state index in [-0.39, 0.29) is 11.9 Å². The van der Waals surface area contributed by atoms with Gasteiger partial charge in [0.1, 0.15) is 0 Å². The van der Waals surface area contributed by atoms with Gasteiger partial charge >= 0.3 is 0 Å². The predicted molar refractivity (Wildman–Crippen MR) is 128 cm³/mol. The first kappa shape index (κ1) is 21.6. The van der Waals surface area contributed by atoms with Crippen molar-refractivity contribution in [3.8, 4) is 5.88 Å².